The van der Waals surface area contributed by atoms with Gasteiger partial charge in [-0.2, -0.15) is 0 Å². The molecule has 4 nitrogen and oxygen atoms in total. The summed E-state index contributed by atoms with van der Waals surface area (Å²) in [6.45, 7) is 3.21. The lowest BCUT2D eigenvalue weighted by atomic mass is 9.79. The summed E-state index contributed by atoms with van der Waals surface area (Å²) < 4.78 is 25.0. The molecule has 0 bridgehead atoms. The third-order valence-electron chi connectivity index (χ3n) is 1.98. The molecule has 0 saturated heterocycles. The molecule has 0 atom stereocenters. The molecule has 0 unspecified atom stereocenters. The monoisotopic (exact) mass is 241 g/mol. The van der Waals surface area contributed by atoms with Crippen molar-refractivity contribution < 1.29 is 23.6 Å². The van der Waals surface area contributed by atoms with Crippen LogP contribution in [0.15, 0.2) is 30.9 Å². The van der Waals surface area contributed by atoms with Crippen molar-refractivity contribution in [1.82, 2.24) is 0 Å². The van der Waals surface area contributed by atoms with E-state index in [-0.39, 0.29) is 11.2 Å². The van der Waals surface area contributed by atoms with E-state index in [9.17, 15) is 13.6 Å². The van der Waals surface area contributed by atoms with E-state index in [1.807, 2.05) is 0 Å². The summed E-state index contributed by atoms with van der Waals surface area (Å²) in [5.41, 5.74) is -0.479. The van der Waals surface area contributed by atoms with Gasteiger partial charge >= 0.3 is 7.12 Å². The Bertz CT molecular complexity index is 411. The molecule has 0 heterocycles. The molecule has 0 spiro atoms. The number of hydrogen-bond donors (Lipinski definition) is 3. The Hall–Kier alpha value is -1.73. The summed E-state index contributed by atoms with van der Waals surface area (Å²) in [5.74, 6) is -0.574. The maximum absolute atomic E-state index is 12.5. The molecule has 0 saturated carbocycles. The highest BCUT2D eigenvalue weighted by Crippen LogP contribution is 2.21. The molecule has 0 radical (unpaired) electrons. The second kappa shape index (κ2) is 5.56. The van der Waals surface area contributed by atoms with E-state index in [0.29, 0.717) is 0 Å². The highest BCUT2D eigenvalue weighted by Gasteiger charge is 2.17. The Morgan fingerprint density at radius 3 is 2.53 bits per heavy atom. The van der Waals surface area contributed by atoms with Gasteiger partial charge in [0.2, 0.25) is 5.91 Å². The predicted octanol–water partition coefficient (Wildman–Crippen LogP) is 0.428. The zero-order chi connectivity index (χ0) is 13.0. The highest BCUT2D eigenvalue weighted by atomic mass is 19.3. The molecular weight excluding hydrogens is 231 g/mol. The molecule has 0 aliphatic carbocycles. The zero-order valence-electron chi connectivity index (χ0n) is 8.73. The second-order valence-corrected chi connectivity index (χ2v) is 3.26. The molecule has 0 aliphatic rings. The van der Waals surface area contributed by atoms with Crippen molar-refractivity contribution in [1.29, 1.82) is 0 Å². The normalized spacial score (nSPS) is 10.2. The Morgan fingerprint density at radius 2 is 2.06 bits per heavy atom. The van der Waals surface area contributed by atoms with Gasteiger partial charge in [0.25, 0.3) is 6.43 Å². The van der Waals surface area contributed by atoms with Crippen molar-refractivity contribution >= 4 is 24.2 Å². The van der Waals surface area contributed by atoms with E-state index in [4.69, 9.17) is 10.0 Å². The summed E-state index contributed by atoms with van der Waals surface area (Å²) in [4.78, 5) is 11.0. The van der Waals surface area contributed by atoms with Crippen molar-refractivity contribution in [3.8, 4) is 0 Å². The van der Waals surface area contributed by atoms with Crippen LogP contribution in [0.1, 0.15) is 12.0 Å². The fourth-order valence-corrected chi connectivity index (χ4v) is 1.22. The number of carbonyl (C=O) groups excluding carboxylic acids is 1. The first kappa shape index (κ1) is 13.3. The van der Waals surface area contributed by atoms with Crippen LogP contribution in [0.3, 0.4) is 0 Å². The molecule has 3 N–H and O–H groups in total. The molecule has 1 aromatic rings. The topological polar surface area (TPSA) is 69.6 Å². The molecule has 0 aromatic heterocycles. The first-order chi connectivity index (χ1) is 7.93. The minimum absolute atomic E-state index is 0.0517. The summed E-state index contributed by atoms with van der Waals surface area (Å²) in [7, 11) is -1.88. The molecule has 1 amide bonds. The molecule has 17 heavy (non-hydrogen) atoms. The van der Waals surface area contributed by atoms with Crippen LogP contribution in [0.4, 0.5) is 14.5 Å². The quantitative estimate of drug-likeness (QED) is 0.528. The number of amides is 1. The van der Waals surface area contributed by atoms with Gasteiger partial charge in [0.05, 0.1) is 0 Å². The lowest BCUT2D eigenvalue weighted by molar-refractivity contribution is -0.111. The van der Waals surface area contributed by atoms with Crippen LogP contribution in [0, 0.1) is 0 Å². The molecule has 1 aromatic carbocycles. The number of benzene rings is 1. The van der Waals surface area contributed by atoms with Crippen molar-refractivity contribution in [3.63, 3.8) is 0 Å². The van der Waals surface area contributed by atoms with E-state index >= 15 is 0 Å². The predicted molar refractivity (Wildman–Crippen MR) is 60.1 cm³/mol. The summed E-state index contributed by atoms with van der Waals surface area (Å²) in [5, 5.41) is 20.1. The lowest BCUT2D eigenvalue weighted by Crippen LogP contribution is -2.30. The van der Waals surface area contributed by atoms with Crippen LogP contribution in [0.2, 0.25) is 0 Å². The largest absolute Gasteiger partial charge is 0.488 e. The fourth-order valence-electron chi connectivity index (χ4n) is 1.22. The third-order valence-corrected chi connectivity index (χ3v) is 1.98. The van der Waals surface area contributed by atoms with E-state index in [1.165, 1.54) is 6.07 Å². The first-order valence-electron chi connectivity index (χ1n) is 4.66. The van der Waals surface area contributed by atoms with Gasteiger partial charge in [-0.25, -0.2) is 8.78 Å². The average molecular weight is 241 g/mol. The number of rotatable bonds is 4. The maximum atomic E-state index is 12.5. The van der Waals surface area contributed by atoms with Crippen molar-refractivity contribution in [2.45, 2.75) is 6.43 Å². The Morgan fingerprint density at radius 1 is 1.41 bits per heavy atom. The van der Waals surface area contributed by atoms with Crippen molar-refractivity contribution in [2.24, 2.45) is 0 Å². The maximum Gasteiger partial charge on any atom is 0.488 e. The second-order valence-electron chi connectivity index (χ2n) is 3.26. The fraction of sp³-hybridized carbons (Fsp3) is 0.100. The molecular formula is C10H10BF2NO3. The summed E-state index contributed by atoms with van der Waals surface area (Å²) in [6, 6.07) is 3.20. The Kier molecular flexibility index (Phi) is 4.36. The number of hydrogen-bond acceptors (Lipinski definition) is 3. The third kappa shape index (κ3) is 3.65. The van der Waals surface area contributed by atoms with Crippen molar-refractivity contribution in [2.75, 3.05) is 5.32 Å². The van der Waals surface area contributed by atoms with Gasteiger partial charge in [-0.15, -0.1) is 0 Å². The van der Waals surface area contributed by atoms with Gasteiger partial charge in [0.15, 0.2) is 0 Å². The van der Waals surface area contributed by atoms with Gasteiger partial charge in [-0.3, -0.25) is 4.79 Å². The smallest absolute Gasteiger partial charge is 0.423 e. The minimum atomic E-state index is -2.77. The molecule has 90 valence electrons. The number of anilines is 1. The Labute approximate surface area is 96.7 Å². The highest BCUT2D eigenvalue weighted by molar-refractivity contribution is 6.58. The van der Waals surface area contributed by atoms with Crippen LogP contribution in [0.25, 0.3) is 0 Å². The number of alkyl halides is 2. The summed E-state index contributed by atoms with van der Waals surface area (Å²) in [6.07, 6.45) is -1.79. The van der Waals surface area contributed by atoms with E-state index in [1.54, 1.807) is 0 Å². The van der Waals surface area contributed by atoms with Crippen LogP contribution in [-0.2, 0) is 4.79 Å². The van der Waals surface area contributed by atoms with Gasteiger partial charge in [0.1, 0.15) is 0 Å². The number of halogens is 2. The lowest BCUT2D eigenvalue weighted by Gasteiger charge is -2.09. The standard InChI is InChI=1S/C10H10BF2NO3/c1-2-9(15)14-8-4-6(10(12)13)3-7(5-8)11(16)17/h2-5,10,16-17H,1H2,(H,14,15). The molecule has 1 rings (SSSR count). The Balaban J connectivity index is 3.12. The van der Waals surface area contributed by atoms with E-state index in [2.05, 4.69) is 11.9 Å². The van der Waals surface area contributed by atoms with E-state index < -0.39 is 25.0 Å². The number of nitrogens with one attached hydrogen (secondary N) is 1. The van der Waals surface area contributed by atoms with Gasteiger partial charge in [-0.1, -0.05) is 12.6 Å². The summed E-state index contributed by atoms with van der Waals surface area (Å²) >= 11 is 0. The average Bonchev–Trinajstić information content (AvgIpc) is 2.28. The minimum Gasteiger partial charge on any atom is -0.423 e. The van der Waals surface area contributed by atoms with Gasteiger partial charge in [-0.05, 0) is 23.7 Å². The zero-order valence-corrected chi connectivity index (χ0v) is 8.73. The van der Waals surface area contributed by atoms with E-state index in [0.717, 1.165) is 18.2 Å². The SMILES string of the molecule is C=CC(=O)Nc1cc(B(O)O)cc(C(F)F)c1. The van der Waals surface area contributed by atoms with Crippen molar-refractivity contribution in [3.05, 3.63) is 36.4 Å². The number of carbonyl (C=O) groups is 1. The molecule has 0 fully saturated rings. The van der Waals surface area contributed by atoms with Gasteiger partial charge in [0, 0.05) is 11.3 Å². The van der Waals surface area contributed by atoms with Crippen LogP contribution in [0.5, 0.6) is 0 Å². The van der Waals surface area contributed by atoms with Gasteiger partial charge < -0.3 is 15.4 Å². The van der Waals surface area contributed by atoms with Crippen LogP contribution < -0.4 is 10.8 Å². The van der Waals surface area contributed by atoms with Crippen LogP contribution in [-0.4, -0.2) is 23.1 Å². The molecule has 7 heteroatoms. The molecule has 0 aliphatic heterocycles. The first-order valence-corrected chi connectivity index (χ1v) is 4.66. The van der Waals surface area contributed by atoms with Crippen LogP contribution >= 0.6 is 0 Å².